The summed E-state index contributed by atoms with van der Waals surface area (Å²) in [7, 11) is 0. The summed E-state index contributed by atoms with van der Waals surface area (Å²) in [5.74, 6) is -3.99. The minimum atomic E-state index is -1.01. The normalized spacial score (nSPS) is 35.2. The smallest absolute Gasteiger partial charge is 0.307 e. The lowest BCUT2D eigenvalue weighted by Gasteiger charge is -2.28. The van der Waals surface area contributed by atoms with Gasteiger partial charge in [-0.3, -0.25) is 19.3 Å². The molecule has 1 saturated heterocycles. The lowest BCUT2D eigenvalue weighted by atomic mass is 9.72. The summed E-state index contributed by atoms with van der Waals surface area (Å²) in [6.45, 7) is 5.29. The maximum Gasteiger partial charge on any atom is 0.307 e. The number of aliphatic carboxylic acids is 1. The monoisotopic (exact) mass is 251 g/mol. The number of nitrogens with zero attached hydrogens (tertiary/aromatic N) is 1. The van der Waals surface area contributed by atoms with E-state index in [1.54, 1.807) is 32.9 Å². The summed E-state index contributed by atoms with van der Waals surface area (Å²) in [5, 5.41) is 9.27. The second kappa shape index (κ2) is 4.23. The van der Waals surface area contributed by atoms with Crippen LogP contribution in [-0.4, -0.2) is 33.8 Å². The van der Waals surface area contributed by atoms with E-state index in [4.69, 9.17) is 0 Å². The first-order valence-electron chi connectivity index (χ1n) is 6.14. The maximum atomic E-state index is 12.3. The molecule has 98 valence electrons. The van der Waals surface area contributed by atoms with Crippen LogP contribution in [0.3, 0.4) is 0 Å². The van der Waals surface area contributed by atoms with Crippen LogP contribution in [0.25, 0.3) is 0 Å². The Kier molecular flexibility index (Phi) is 3.00. The van der Waals surface area contributed by atoms with Gasteiger partial charge in [0.1, 0.15) is 0 Å². The highest BCUT2D eigenvalue weighted by Gasteiger charge is 2.55. The second-order valence-electron chi connectivity index (χ2n) is 5.30. The third-order valence-electron chi connectivity index (χ3n) is 3.81. The molecule has 1 aliphatic heterocycles. The minimum absolute atomic E-state index is 0.228. The summed E-state index contributed by atoms with van der Waals surface area (Å²) in [6, 6.07) is -0.228. The summed E-state index contributed by atoms with van der Waals surface area (Å²) >= 11 is 0. The van der Waals surface area contributed by atoms with Gasteiger partial charge in [0.25, 0.3) is 0 Å². The lowest BCUT2D eigenvalue weighted by molar-refractivity contribution is -0.151. The zero-order valence-electron chi connectivity index (χ0n) is 10.7. The number of hydrogen-bond donors (Lipinski definition) is 1. The molecule has 0 aromatic carbocycles. The number of carboxylic acid groups (broad SMARTS) is 1. The van der Waals surface area contributed by atoms with E-state index < -0.39 is 23.7 Å². The molecule has 1 heterocycles. The molecule has 0 spiro atoms. The van der Waals surface area contributed by atoms with Gasteiger partial charge in [0.15, 0.2) is 0 Å². The van der Waals surface area contributed by atoms with E-state index in [0.717, 1.165) is 0 Å². The number of hydrogen-bond acceptors (Lipinski definition) is 3. The number of carbonyl (C=O) groups excluding carboxylic acids is 2. The Morgan fingerprint density at radius 1 is 1.28 bits per heavy atom. The maximum absolute atomic E-state index is 12.3. The molecule has 4 atom stereocenters. The van der Waals surface area contributed by atoms with Gasteiger partial charge in [-0.25, -0.2) is 0 Å². The lowest BCUT2D eigenvalue weighted by Crippen LogP contribution is -2.40. The molecule has 1 N–H and O–H groups in total. The number of imide groups is 1. The molecular weight excluding hydrogens is 234 g/mol. The number of carboxylic acids is 1. The van der Waals surface area contributed by atoms with Crippen LogP contribution in [0.2, 0.25) is 0 Å². The molecule has 5 nitrogen and oxygen atoms in total. The summed E-state index contributed by atoms with van der Waals surface area (Å²) in [4.78, 5) is 36.9. The van der Waals surface area contributed by atoms with Gasteiger partial charge in [0.05, 0.1) is 17.8 Å². The van der Waals surface area contributed by atoms with Crippen molar-refractivity contribution in [1.29, 1.82) is 0 Å². The molecule has 0 unspecified atom stereocenters. The quantitative estimate of drug-likeness (QED) is 0.584. The molecule has 0 aromatic rings. The Balaban J connectivity index is 2.43. The van der Waals surface area contributed by atoms with Crippen molar-refractivity contribution in [2.24, 2.45) is 23.7 Å². The molecule has 1 fully saturated rings. The van der Waals surface area contributed by atoms with E-state index in [2.05, 4.69) is 0 Å². The van der Waals surface area contributed by atoms with Crippen molar-refractivity contribution in [2.45, 2.75) is 26.8 Å². The van der Waals surface area contributed by atoms with Crippen LogP contribution in [0.1, 0.15) is 20.8 Å². The Morgan fingerprint density at radius 3 is 2.39 bits per heavy atom. The van der Waals surface area contributed by atoms with E-state index in [9.17, 15) is 19.5 Å². The standard InChI is InChI=1S/C13H17NO4/c1-6(2)14-11(15)8-5-4-7(3)9(13(17)18)10(8)12(14)16/h4-10H,1-3H3,(H,17,18)/t7-,8+,9-,10+/m1/s1. The van der Waals surface area contributed by atoms with Crippen molar-refractivity contribution in [1.82, 2.24) is 4.90 Å². The van der Waals surface area contributed by atoms with Crippen molar-refractivity contribution in [2.75, 3.05) is 0 Å². The van der Waals surface area contributed by atoms with Gasteiger partial charge in [0.2, 0.25) is 11.8 Å². The second-order valence-corrected chi connectivity index (χ2v) is 5.30. The highest BCUT2D eigenvalue weighted by Crippen LogP contribution is 2.41. The molecule has 5 heteroatoms. The molecule has 0 aromatic heterocycles. The van der Waals surface area contributed by atoms with Gasteiger partial charge in [-0.15, -0.1) is 0 Å². The van der Waals surface area contributed by atoms with Gasteiger partial charge in [0, 0.05) is 6.04 Å². The molecule has 0 bridgehead atoms. The molecule has 2 rings (SSSR count). The fraction of sp³-hybridized carbons (Fsp3) is 0.615. The number of fused-ring (bicyclic) bond motifs is 1. The Morgan fingerprint density at radius 2 is 1.89 bits per heavy atom. The zero-order chi connectivity index (χ0) is 13.6. The van der Waals surface area contributed by atoms with Crippen LogP contribution in [-0.2, 0) is 14.4 Å². The Labute approximate surface area is 105 Å². The largest absolute Gasteiger partial charge is 0.481 e. The average Bonchev–Trinajstić information content (AvgIpc) is 2.50. The van der Waals surface area contributed by atoms with Gasteiger partial charge in [-0.1, -0.05) is 19.1 Å². The summed E-state index contributed by atoms with van der Waals surface area (Å²) in [5.41, 5.74) is 0. The third kappa shape index (κ3) is 1.65. The van der Waals surface area contributed by atoms with Gasteiger partial charge < -0.3 is 5.11 Å². The van der Waals surface area contributed by atoms with E-state index in [1.165, 1.54) is 4.90 Å². The van der Waals surface area contributed by atoms with Gasteiger partial charge in [-0.05, 0) is 19.8 Å². The minimum Gasteiger partial charge on any atom is -0.481 e. The van der Waals surface area contributed by atoms with Crippen LogP contribution >= 0.6 is 0 Å². The summed E-state index contributed by atoms with van der Waals surface area (Å²) in [6.07, 6.45) is 3.42. The SMILES string of the molecule is CC(C)N1C(=O)[C@@H]2[C@H](C(=O)O)[C@H](C)C=C[C@@H]2C1=O. The Hall–Kier alpha value is -1.65. The third-order valence-corrected chi connectivity index (χ3v) is 3.81. The highest BCUT2D eigenvalue weighted by molar-refractivity contribution is 6.08. The predicted molar refractivity (Wildman–Crippen MR) is 63.4 cm³/mol. The molecule has 1 aliphatic carbocycles. The van der Waals surface area contributed by atoms with Crippen molar-refractivity contribution in [3.63, 3.8) is 0 Å². The first-order chi connectivity index (χ1) is 8.36. The average molecular weight is 251 g/mol. The number of allylic oxidation sites excluding steroid dienone is 1. The molecule has 0 radical (unpaired) electrons. The van der Waals surface area contributed by atoms with Crippen molar-refractivity contribution >= 4 is 17.8 Å². The van der Waals surface area contributed by atoms with Crippen LogP contribution in [0.15, 0.2) is 12.2 Å². The first kappa shape index (κ1) is 12.8. The van der Waals surface area contributed by atoms with Crippen LogP contribution in [0.5, 0.6) is 0 Å². The fourth-order valence-electron chi connectivity index (χ4n) is 2.95. The molecule has 0 saturated carbocycles. The van der Waals surface area contributed by atoms with Gasteiger partial charge in [-0.2, -0.15) is 0 Å². The van der Waals surface area contributed by atoms with E-state index >= 15 is 0 Å². The summed E-state index contributed by atoms with van der Waals surface area (Å²) < 4.78 is 0. The van der Waals surface area contributed by atoms with E-state index in [-0.39, 0.29) is 23.8 Å². The number of amides is 2. The van der Waals surface area contributed by atoms with Crippen molar-refractivity contribution in [3.05, 3.63) is 12.2 Å². The Bertz CT molecular complexity index is 440. The molecular formula is C13H17NO4. The number of carbonyl (C=O) groups is 3. The fourth-order valence-corrected chi connectivity index (χ4v) is 2.95. The topological polar surface area (TPSA) is 74.7 Å². The van der Waals surface area contributed by atoms with Crippen LogP contribution in [0, 0.1) is 23.7 Å². The van der Waals surface area contributed by atoms with Crippen LogP contribution < -0.4 is 0 Å². The highest BCUT2D eigenvalue weighted by atomic mass is 16.4. The van der Waals surface area contributed by atoms with Gasteiger partial charge >= 0.3 is 5.97 Å². The molecule has 2 amide bonds. The number of rotatable bonds is 2. The molecule has 2 aliphatic rings. The van der Waals surface area contributed by atoms with E-state index in [0.29, 0.717) is 0 Å². The van der Waals surface area contributed by atoms with E-state index in [1.807, 2.05) is 0 Å². The first-order valence-corrected chi connectivity index (χ1v) is 6.14. The van der Waals surface area contributed by atoms with Crippen LogP contribution in [0.4, 0.5) is 0 Å². The zero-order valence-corrected chi connectivity index (χ0v) is 10.7. The number of likely N-dealkylation sites (tertiary alicyclic amines) is 1. The van der Waals surface area contributed by atoms with Crippen molar-refractivity contribution < 1.29 is 19.5 Å². The molecule has 18 heavy (non-hydrogen) atoms. The predicted octanol–water partition coefficient (Wildman–Crippen LogP) is 0.903. The van der Waals surface area contributed by atoms with Crippen molar-refractivity contribution in [3.8, 4) is 0 Å².